The first-order chi connectivity index (χ1) is 39.7. The molecule has 2 atom stereocenters. The zero-order valence-corrected chi connectivity index (χ0v) is 45.5. The van der Waals surface area contributed by atoms with E-state index in [1.165, 1.54) is 23.2 Å². The van der Waals surface area contributed by atoms with Crippen LogP contribution in [-0.4, -0.2) is 242 Å². The summed E-state index contributed by atoms with van der Waals surface area (Å²) in [7, 11) is 0. The van der Waals surface area contributed by atoms with Crippen LogP contribution in [0.5, 0.6) is 0 Å². The Hall–Kier alpha value is -8.75. The molecular formula is C52H70N14O17. The fourth-order valence-electron chi connectivity index (χ4n) is 8.57. The summed E-state index contributed by atoms with van der Waals surface area (Å²) in [5.41, 5.74) is 7.47. The van der Waals surface area contributed by atoms with Crippen molar-refractivity contribution < 1.29 is 78.2 Å². The van der Waals surface area contributed by atoms with Crippen molar-refractivity contribution in [1.29, 1.82) is 0 Å². The summed E-state index contributed by atoms with van der Waals surface area (Å²) in [6.45, 7) is 1.57. The molecule has 1 fully saturated rings. The van der Waals surface area contributed by atoms with Gasteiger partial charge in [-0.05, 0) is 54.8 Å². The number of nitrogen functional groups attached to an aromatic ring is 1. The molecule has 5 rings (SSSR count). The number of nitrogens with one attached hydrogen (secondary N) is 6. The van der Waals surface area contributed by atoms with E-state index in [9.17, 15) is 73.5 Å². The third-order valence-electron chi connectivity index (χ3n) is 12.7. The number of rotatable bonds is 35. The van der Waals surface area contributed by atoms with Gasteiger partial charge in [-0.25, -0.2) is 14.8 Å². The number of carboxylic acids is 5. The molecule has 0 bridgehead atoms. The van der Waals surface area contributed by atoms with E-state index >= 15 is 0 Å². The normalized spacial score (nSPS) is 14.1. The Labute approximate surface area is 474 Å². The summed E-state index contributed by atoms with van der Waals surface area (Å²) >= 11 is 0. The molecule has 0 spiro atoms. The maximum atomic E-state index is 12.9. The van der Waals surface area contributed by atoms with Gasteiger partial charge in [0, 0.05) is 101 Å². The highest BCUT2D eigenvalue weighted by atomic mass is 16.5. The van der Waals surface area contributed by atoms with Crippen LogP contribution in [0, 0.1) is 0 Å². The molecule has 13 N–H and O–H groups in total. The van der Waals surface area contributed by atoms with E-state index < -0.39 is 84.2 Å². The van der Waals surface area contributed by atoms with E-state index in [1.807, 2.05) is 4.90 Å². The average molecular weight is 1160 g/mol. The van der Waals surface area contributed by atoms with Gasteiger partial charge in [0.1, 0.15) is 6.04 Å². The molecule has 0 saturated carbocycles. The van der Waals surface area contributed by atoms with Crippen LogP contribution in [0.4, 0.5) is 17.3 Å². The molecule has 4 amide bonds. The van der Waals surface area contributed by atoms with Gasteiger partial charge >= 0.3 is 29.8 Å². The van der Waals surface area contributed by atoms with Crippen molar-refractivity contribution in [3.05, 3.63) is 81.9 Å². The Kier molecular flexibility index (Phi) is 26.6. The summed E-state index contributed by atoms with van der Waals surface area (Å²) in [6, 6.07) is 10.8. The third-order valence-corrected chi connectivity index (χ3v) is 12.7. The van der Waals surface area contributed by atoms with Gasteiger partial charge in [0.25, 0.3) is 11.5 Å². The number of aliphatic carboxylic acids is 5. The number of fused-ring (bicyclic) bond motifs is 1. The van der Waals surface area contributed by atoms with E-state index in [2.05, 4.69) is 46.5 Å². The SMILES string of the molecule is Nc1nc2ncc(CNc3ccc(C(=O)N[C@@H](CCC(=O)NCCOCCOCCNC(=O)CCC(=O)Nc4ccc(CC(CN5CCN(CC(=O)O)CCN(CC(=O)O)CC5)N(CC(=O)O)CC(=O)O)cc4)C(=O)O)cc3)nc2c(=O)[nH]1. The predicted molar refractivity (Wildman–Crippen MR) is 295 cm³/mol. The Bertz CT molecular complexity index is 2870. The van der Waals surface area contributed by atoms with Crippen LogP contribution in [0.15, 0.2) is 59.5 Å². The predicted octanol–water partition coefficient (Wildman–Crippen LogP) is -1.97. The second-order valence-corrected chi connectivity index (χ2v) is 19.2. The number of carbonyl (C=O) groups excluding carboxylic acids is 4. The number of benzene rings is 2. The minimum Gasteiger partial charge on any atom is -0.480 e. The maximum Gasteiger partial charge on any atom is 0.326 e. The third kappa shape index (κ3) is 24.5. The van der Waals surface area contributed by atoms with E-state index in [0.717, 1.165) is 0 Å². The molecule has 31 nitrogen and oxygen atoms in total. The minimum atomic E-state index is -1.34. The van der Waals surface area contributed by atoms with Crippen LogP contribution in [0.2, 0.25) is 0 Å². The highest BCUT2D eigenvalue weighted by molar-refractivity contribution is 5.97. The number of hydrogen-bond donors (Lipinski definition) is 12. The van der Waals surface area contributed by atoms with Crippen LogP contribution < -0.4 is 37.9 Å². The molecule has 1 unspecified atom stereocenters. The number of aromatic amines is 1. The van der Waals surface area contributed by atoms with Crippen molar-refractivity contribution in [2.75, 3.05) is 128 Å². The van der Waals surface area contributed by atoms with Crippen LogP contribution >= 0.6 is 0 Å². The molecule has 2 aromatic heterocycles. The van der Waals surface area contributed by atoms with Crippen molar-refractivity contribution in [3.63, 3.8) is 0 Å². The lowest BCUT2D eigenvalue weighted by atomic mass is 10.0. The van der Waals surface area contributed by atoms with E-state index in [1.54, 1.807) is 46.2 Å². The lowest BCUT2D eigenvalue weighted by molar-refractivity contribution is -0.143. The molecule has 1 aliphatic rings. The molecule has 83 heavy (non-hydrogen) atoms. The molecule has 450 valence electrons. The number of amides is 4. The first-order valence-electron chi connectivity index (χ1n) is 26.4. The van der Waals surface area contributed by atoms with Crippen molar-refractivity contribution in [2.24, 2.45) is 0 Å². The first-order valence-corrected chi connectivity index (χ1v) is 26.4. The van der Waals surface area contributed by atoms with Crippen molar-refractivity contribution >= 4 is 82.0 Å². The summed E-state index contributed by atoms with van der Waals surface area (Å²) in [4.78, 5) is 143. The topological polar surface area (TPSA) is 444 Å². The Morgan fingerprint density at radius 1 is 0.663 bits per heavy atom. The number of carbonyl (C=O) groups is 9. The highest BCUT2D eigenvalue weighted by Gasteiger charge is 2.28. The Morgan fingerprint density at radius 3 is 1.76 bits per heavy atom. The van der Waals surface area contributed by atoms with Crippen LogP contribution in [0.25, 0.3) is 11.2 Å². The average Bonchev–Trinajstić information content (AvgIpc) is 3.52. The molecule has 31 heteroatoms. The summed E-state index contributed by atoms with van der Waals surface area (Å²) < 4.78 is 10.9. The van der Waals surface area contributed by atoms with Gasteiger partial charge < -0.3 is 67.3 Å². The fraction of sp³-hybridized carbons (Fsp3) is 0.481. The standard InChI is InChI=1S/C52H70N14O17/c53-52-61-48-47(50(79)62-52)59-37(27-57-48)26-56-35-7-3-34(4-8-35)49(78)60-39(51(80)81)9-10-40(67)54-13-21-82-23-24-83-22-14-55-41(68)11-12-42(69)58-36-5-1-33(2-6-36)25-38(66(31-45(74)75)32-46(76)77)28-63-15-17-64(29-43(70)71)19-20-65(18-16-63)30-44(72)73/h1-8,27,38-39,56H,9-26,28-32H2,(H,54,67)(H,55,68)(H,58,69)(H,60,78)(H,70,71)(H,72,73)(H,74,75)(H,76,77)(H,80,81)(H3,53,57,61,62,79)/t38?,39-/m0/s1. The number of nitrogens with two attached hydrogens (primary N) is 1. The number of nitrogens with zero attached hydrogens (tertiary/aromatic N) is 7. The fourth-order valence-corrected chi connectivity index (χ4v) is 8.57. The molecule has 1 aliphatic heterocycles. The molecular weight excluding hydrogens is 1090 g/mol. The van der Waals surface area contributed by atoms with Gasteiger partial charge in [-0.2, -0.15) is 4.98 Å². The van der Waals surface area contributed by atoms with Gasteiger partial charge in [-0.1, -0.05) is 12.1 Å². The van der Waals surface area contributed by atoms with Gasteiger partial charge in [-0.3, -0.25) is 67.7 Å². The van der Waals surface area contributed by atoms with Crippen LogP contribution in [-0.2, 0) is 60.8 Å². The van der Waals surface area contributed by atoms with Gasteiger partial charge in [0.05, 0.1) is 71.0 Å². The molecule has 4 aromatic rings. The first kappa shape index (κ1) is 65.1. The molecule has 0 aliphatic carbocycles. The Balaban J connectivity index is 0.931. The largest absolute Gasteiger partial charge is 0.480 e. The lowest BCUT2D eigenvalue weighted by Crippen LogP contribution is -2.51. The van der Waals surface area contributed by atoms with Gasteiger partial charge in [0.2, 0.25) is 23.7 Å². The van der Waals surface area contributed by atoms with Crippen molar-refractivity contribution in [1.82, 2.24) is 55.5 Å². The quantitative estimate of drug-likeness (QED) is 0.0222. The van der Waals surface area contributed by atoms with Crippen molar-refractivity contribution in [3.8, 4) is 0 Å². The molecule has 2 aromatic carbocycles. The summed E-state index contributed by atoms with van der Waals surface area (Å²) in [5.74, 6) is -7.90. The zero-order chi connectivity index (χ0) is 60.3. The number of hydrogen-bond acceptors (Lipinski definition) is 21. The second-order valence-electron chi connectivity index (χ2n) is 19.2. The number of carboxylic acid groups (broad SMARTS) is 5. The highest BCUT2D eigenvalue weighted by Crippen LogP contribution is 2.17. The lowest BCUT2D eigenvalue weighted by Gasteiger charge is -2.35. The summed E-state index contributed by atoms with van der Waals surface area (Å²) in [6.07, 6.45) is 1.02. The van der Waals surface area contributed by atoms with Crippen molar-refractivity contribution in [2.45, 2.75) is 50.7 Å². The number of anilines is 3. The van der Waals surface area contributed by atoms with Crippen LogP contribution in [0.1, 0.15) is 47.3 Å². The maximum absolute atomic E-state index is 12.9. The Morgan fingerprint density at radius 2 is 1.20 bits per heavy atom. The number of aromatic nitrogens is 4. The zero-order valence-electron chi connectivity index (χ0n) is 45.5. The number of H-pyrrole nitrogens is 1. The van der Waals surface area contributed by atoms with E-state index in [-0.39, 0.29) is 120 Å². The van der Waals surface area contributed by atoms with Gasteiger partial charge in [-0.15, -0.1) is 0 Å². The molecule has 0 radical (unpaired) electrons. The van der Waals surface area contributed by atoms with E-state index in [0.29, 0.717) is 61.9 Å². The smallest absolute Gasteiger partial charge is 0.326 e. The van der Waals surface area contributed by atoms with Crippen LogP contribution in [0.3, 0.4) is 0 Å². The van der Waals surface area contributed by atoms with Gasteiger partial charge in [0.15, 0.2) is 11.2 Å². The summed E-state index contributed by atoms with van der Waals surface area (Å²) in [5, 5.41) is 61.5. The molecule has 1 saturated heterocycles. The monoisotopic (exact) mass is 1160 g/mol. The number of ether oxygens (including phenoxy) is 2. The molecule has 3 heterocycles. The minimum absolute atomic E-state index is 0.0264. The second kappa shape index (κ2) is 33.9. The van der Waals surface area contributed by atoms with E-state index in [4.69, 9.17) is 15.2 Å².